The fourth-order valence-corrected chi connectivity index (χ4v) is 3.49. The van der Waals surface area contributed by atoms with Crippen molar-refractivity contribution in [3.8, 4) is 5.75 Å². The van der Waals surface area contributed by atoms with Gasteiger partial charge in [0.1, 0.15) is 17.3 Å². The second-order valence-corrected chi connectivity index (χ2v) is 6.70. The molecular formula is C22H22N4O2. The van der Waals surface area contributed by atoms with Crippen LogP contribution in [-0.4, -0.2) is 28.5 Å². The van der Waals surface area contributed by atoms with E-state index in [0.29, 0.717) is 18.1 Å². The van der Waals surface area contributed by atoms with Crippen LogP contribution in [0.15, 0.2) is 60.9 Å². The van der Waals surface area contributed by atoms with Crippen molar-refractivity contribution < 1.29 is 9.53 Å². The number of hydrogen-bond donors (Lipinski definition) is 1. The summed E-state index contributed by atoms with van der Waals surface area (Å²) in [5, 5.41) is 3.19. The van der Waals surface area contributed by atoms with Crippen LogP contribution in [0.1, 0.15) is 29.9 Å². The first-order chi connectivity index (χ1) is 13.7. The Morgan fingerprint density at radius 3 is 2.71 bits per heavy atom. The summed E-state index contributed by atoms with van der Waals surface area (Å²) in [4.78, 5) is 23.5. The molecule has 1 N–H and O–H groups in total. The number of fused-ring (bicyclic) bond motifs is 1. The van der Waals surface area contributed by atoms with Crippen molar-refractivity contribution in [1.29, 1.82) is 0 Å². The van der Waals surface area contributed by atoms with E-state index in [1.165, 1.54) is 11.8 Å². The van der Waals surface area contributed by atoms with Gasteiger partial charge in [0.25, 0.3) is 5.91 Å². The van der Waals surface area contributed by atoms with Gasteiger partial charge in [0.15, 0.2) is 0 Å². The summed E-state index contributed by atoms with van der Waals surface area (Å²) in [6, 6.07) is 15.7. The number of para-hydroxylation sites is 3. The Bertz CT molecular complexity index is 988. The molecule has 1 aliphatic heterocycles. The number of ether oxygens (including phenoxy) is 1. The van der Waals surface area contributed by atoms with Crippen LogP contribution >= 0.6 is 0 Å². The zero-order valence-electron chi connectivity index (χ0n) is 15.9. The lowest BCUT2D eigenvalue weighted by Gasteiger charge is -2.22. The van der Waals surface area contributed by atoms with Crippen molar-refractivity contribution >= 4 is 23.1 Å². The van der Waals surface area contributed by atoms with Crippen molar-refractivity contribution in [1.82, 2.24) is 9.97 Å². The molecule has 1 unspecified atom stereocenters. The standard InChI is InChI=1S/C22H22N4O2/c1-3-28-20-11-7-5-9-17(20)25-21-14-23-18(13-24-21)22(27)26-15(2)12-16-8-4-6-10-19(16)26/h4-11,13-15H,3,12H2,1-2H3,(H,24,25). The second-order valence-electron chi connectivity index (χ2n) is 6.70. The summed E-state index contributed by atoms with van der Waals surface area (Å²) in [5.41, 5.74) is 3.27. The first-order valence-electron chi connectivity index (χ1n) is 9.39. The average molecular weight is 374 g/mol. The monoisotopic (exact) mass is 374 g/mol. The molecule has 2 aromatic carbocycles. The number of hydrogen-bond acceptors (Lipinski definition) is 5. The van der Waals surface area contributed by atoms with Crippen molar-refractivity contribution in [3.63, 3.8) is 0 Å². The lowest BCUT2D eigenvalue weighted by Crippen LogP contribution is -2.36. The predicted molar refractivity (Wildman–Crippen MR) is 109 cm³/mol. The van der Waals surface area contributed by atoms with Gasteiger partial charge in [-0.25, -0.2) is 9.97 Å². The Morgan fingerprint density at radius 2 is 1.93 bits per heavy atom. The number of carbonyl (C=O) groups is 1. The summed E-state index contributed by atoms with van der Waals surface area (Å²) in [6.07, 6.45) is 3.94. The van der Waals surface area contributed by atoms with E-state index in [4.69, 9.17) is 4.74 Å². The Labute approximate surface area is 164 Å². The SMILES string of the molecule is CCOc1ccccc1Nc1cnc(C(=O)N2c3ccccc3CC2C)cn1. The molecule has 28 heavy (non-hydrogen) atoms. The third-order valence-corrected chi connectivity index (χ3v) is 4.75. The lowest BCUT2D eigenvalue weighted by atomic mass is 10.1. The molecule has 0 spiro atoms. The third-order valence-electron chi connectivity index (χ3n) is 4.75. The minimum Gasteiger partial charge on any atom is -0.492 e. The quantitative estimate of drug-likeness (QED) is 0.725. The molecule has 0 aliphatic carbocycles. The largest absolute Gasteiger partial charge is 0.492 e. The van der Waals surface area contributed by atoms with E-state index in [0.717, 1.165) is 23.5 Å². The van der Waals surface area contributed by atoms with Crippen LogP contribution in [0.3, 0.4) is 0 Å². The van der Waals surface area contributed by atoms with E-state index in [1.54, 1.807) is 11.1 Å². The fraction of sp³-hybridized carbons (Fsp3) is 0.227. The number of amides is 1. The van der Waals surface area contributed by atoms with Gasteiger partial charge in [-0.15, -0.1) is 0 Å². The normalized spacial score (nSPS) is 15.2. The number of rotatable bonds is 5. The molecule has 0 fully saturated rings. The molecule has 3 aromatic rings. The van der Waals surface area contributed by atoms with Gasteiger partial charge in [0.2, 0.25) is 0 Å². The highest BCUT2D eigenvalue weighted by Crippen LogP contribution is 2.33. The van der Waals surface area contributed by atoms with Crippen LogP contribution in [0.4, 0.5) is 17.2 Å². The van der Waals surface area contributed by atoms with Crippen molar-refractivity contribution in [2.45, 2.75) is 26.3 Å². The molecule has 142 valence electrons. The molecule has 1 atom stereocenters. The van der Waals surface area contributed by atoms with Crippen molar-refractivity contribution in [2.75, 3.05) is 16.8 Å². The van der Waals surface area contributed by atoms with Gasteiger partial charge in [0.05, 0.1) is 24.7 Å². The fourth-order valence-electron chi connectivity index (χ4n) is 3.49. The molecule has 2 heterocycles. The molecule has 0 bridgehead atoms. The van der Waals surface area contributed by atoms with Gasteiger partial charge in [-0.05, 0) is 44.0 Å². The van der Waals surface area contributed by atoms with E-state index >= 15 is 0 Å². The third kappa shape index (κ3) is 3.41. The molecular weight excluding hydrogens is 352 g/mol. The number of benzene rings is 2. The number of nitrogens with zero attached hydrogens (tertiary/aromatic N) is 3. The van der Waals surface area contributed by atoms with Gasteiger partial charge < -0.3 is 15.0 Å². The molecule has 4 rings (SSSR count). The Morgan fingerprint density at radius 1 is 1.14 bits per heavy atom. The van der Waals surface area contributed by atoms with Gasteiger partial charge in [-0.1, -0.05) is 30.3 Å². The van der Waals surface area contributed by atoms with Crippen LogP contribution in [-0.2, 0) is 6.42 Å². The topological polar surface area (TPSA) is 67.3 Å². The van der Waals surface area contributed by atoms with Crippen LogP contribution in [0.5, 0.6) is 5.75 Å². The predicted octanol–water partition coefficient (Wildman–Crippen LogP) is 4.21. The molecule has 6 nitrogen and oxygen atoms in total. The molecule has 0 saturated heterocycles. The van der Waals surface area contributed by atoms with Crippen molar-refractivity contribution in [2.24, 2.45) is 0 Å². The Kier molecular flexibility index (Phi) is 4.93. The number of nitrogens with one attached hydrogen (secondary N) is 1. The van der Waals surface area contributed by atoms with Crippen LogP contribution in [0.25, 0.3) is 0 Å². The van der Waals surface area contributed by atoms with Gasteiger partial charge in [0, 0.05) is 11.7 Å². The molecule has 0 radical (unpaired) electrons. The average Bonchev–Trinajstić information content (AvgIpc) is 3.05. The van der Waals surface area contributed by atoms with Gasteiger partial charge in [-0.3, -0.25) is 4.79 Å². The van der Waals surface area contributed by atoms with Crippen molar-refractivity contribution in [3.05, 3.63) is 72.2 Å². The second kappa shape index (κ2) is 7.68. The summed E-state index contributed by atoms with van der Waals surface area (Å²) >= 11 is 0. The first kappa shape index (κ1) is 18.0. The lowest BCUT2D eigenvalue weighted by molar-refractivity contribution is 0.0976. The van der Waals surface area contributed by atoms with Gasteiger partial charge >= 0.3 is 0 Å². The van der Waals surface area contributed by atoms with Gasteiger partial charge in [-0.2, -0.15) is 0 Å². The smallest absolute Gasteiger partial charge is 0.278 e. The molecule has 0 saturated carbocycles. The van der Waals surface area contributed by atoms with E-state index in [9.17, 15) is 4.79 Å². The minimum atomic E-state index is -0.133. The van der Waals surface area contributed by atoms with E-state index < -0.39 is 0 Å². The van der Waals surface area contributed by atoms with Crippen LogP contribution in [0.2, 0.25) is 0 Å². The summed E-state index contributed by atoms with van der Waals surface area (Å²) in [7, 11) is 0. The van der Waals surface area contributed by atoms with E-state index in [2.05, 4.69) is 21.4 Å². The van der Waals surface area contributed by atoms with E-state index in [-0.39, 0.29) is 11.9 Å². The highest BCUT2D eigenvalue weighted by atomic mass is 16.5. The minimum absolute atomic E-state index is 0.0996. The summed E-state index contributed by atoms with van der Waals surface area (Å²) in [6.45, 7) is 4.56. The molecule has 1 aromatic heterocycles. The Balaban J connectivity index is 1.53. The zero-order valence-corrected chi connectivity index (χ0v) is 15.9. The zero-order chi connectivity index (χ0) is 19.5. The number of carbonyl (C=O) groups excluding carboxylic acids is 1. The molecule has 1 aliphatic rings. The number of aromatic nitrogens is 2. The highest BCUT2D eigenvalue weighted by molar-refractivity contribution is 6.06. The molecule has 1 amide bonds. The summed E-state index contributed by atoms with van der Waals surface area (Å²) in [5.74, 6) is 1.17. The van der Waals surface area contributed by atoms with E-state index in [1.807, 2.05) is 56.3 Å². The number of anilines is 3. The van der Waals surface area contributed by atoms with Crippen LogP contribution in [0, 0.1) is 0 Å². The highest BCUT2D eigenvalue weighted by Gasteiger charge is 2.31. The maximum absolute atomic E-state index is 13.0. The maximum atomic E-state index is 13.0. The maximum Gasteiger partial charge on any atom is 0.278 e. The Hall–Kier alpha value is -3.41. The first-order valence-corrected chi connectivity index (χ1v) is 9.39. The van der Waals surface area contributed by atoms with Crippen LogP contribution < -0.4 is 15.0 Å². The summed E-state index contributed by atoms with van der Waals surface area (Å²) < 4.78 is 5.61. The molecule has 6 heteroatoms.